The molecular formula is C18H11Cl2F3N2O2. The van der Waals surface area contributed by atoms with Gasteiger partial charge in [-0.15, -0.1) is 0 Å². The smallest absolute Gasteiger partial charge is 0.416 e. The molecular weight excluding hydrogens is 404 g/mol. The third-order valence-electron chi connectivity index (χ3n) is 3.39. The average Bonchev–Trinajstić information content (AvgIpc) is 2.60. The number of ether oxygens (including phenoxy) is 1. The highest BCUT2D eigenvalue weighted by atomic mass is 35.5. The Morgan fingerprint density at radius 2 is 1.89 bits per heavy atom. The summed E-state index contributed by atoms with van der Waals surface area (Å²) in [7, 11) is 1.43. The first-order valence-corrected chi connectivity index (χ1v) is 8.04. The number of hydrogen-bond acceptors (Lipinski definition) is 3. The summed E-state index contributed by atoms with van der Waals surface area (Å²) in [6.45, 7) is 0. The van der Waals surface area contributed by atoms with Gasteiger partial charge in [-0.3, -0.25) is 4.79 Å². The Labute approximate surface area is 162 Å². The number of amides is 1. The van der Waals surface area contributed by atoms with E-state index in [1.165, 1.54) is 19.3 Å². The molecule has 27 heavy (non-hydrogen) atoms. The Morgan fingerprint density at radius 3 is 2.44 bits per heavy atom. The molecule has 0 heterocycles. The molecule has 2 aromatic rings. The largest absolute Gasteiger partial charge is 0.495 e. The number of nitrogens with zero attached hydrogens (tertiary/aromatic N) is 1. The van der Waals surface area contributed by atoms with Crippen molar-refractivity contribution in [2.45, 2.75) is 6.18 Å². The van der Waals surface area contributed by atoms with Gasteiger partial charge in [0.2, 0.25) is 0 Å². The average molecular weight is 415 g/mol. The molecule has 2 aromatic carbocycles. The second-order valence-electron chi connectivity index (χ2n) is 5.21. The van der Waals surface area contributed by atoms with Crippen LogP contribution < -0.4 is 10.1 Å². The van der Waals surface area contributed by atoms with E-state index >= 15 is 0 Å². The van der Waals surface area contributed by atoms with Crippen molar-refractivity contribution in [3.63, 3.8) is 0 Å². The van der Waals surface area contributed by atoms with Crippen molar-refractivity contribution < 1.29 is 22.7 Å². The minimum absolute atomic E-state index is 0.0962. The van der Waals surface area contributed by atoms with Gasteiger partial charge < -0.3 is 10.1 Å². The quantitative estimate of drug-likeness (QED) is 0.525. The molecule has 0 aliphatic rings. The number of anilines is 1. The van der Waals surface area contributed by atoms with Crippen LogP contribution in [-0.4, -0.2) is 13.0 Å². The van der Waals surface area contributed by atoms with Crippen LogP contribution >= 0.6 is 23.2 Å². The van der Waals surface area contributed by atoms with E-state index < -0.39 is 17.6 Å². The third kappa shape index (κ3) is 5.16. The zero-order chi connectivity index (χ0) is 20.2. The fraction of sp³-hybridized carbons (Fsp3) is 0.111. The van der Waals surface area contributed by atoms with Crippen LogP contribution in [0.15, 0.2) is 42.0 Å². The van der Waals surface area contributed by atoms with Gasteiger partial charge >= 0.3 is 6.18 Å². The lowest BCUT2D eigenvalue weighted by molar-refractivity contribution is -0.137. The summed E-state index contributed by atoms with van der Waals surface area (Å²) >= 11 is 11.8. The van der Waals surface area contributed by atoms with E-state index in [1.807, 2.05) is 0 Å². The van der Waals surface area contributed by atoms with Crippen molar-refractivity contribution in [2.75, 3.05) is 12.4 Å². The molecule has 0 atom stereocenters. The van der Waals surface area contributed by atoms with Gasteiger partial charge in [-0.05, 0) is 42.0 Å². The van der Waals surface area contributed by atoms with Crippen LogP contribution in [0.25, 0.3) is 6.08 Å². The summed E-state index contributed by atoms with van der Waals surface area (Å²) in [5, 5.41) is 11.6. The van der Waals surface area contributed by atoms with Crippen molar-refractivity contribution in [1.29, 1.82) is 5.26 Å². The van der Waals surface area contributed by atoms with E-state index in [0.717, 1.165) is 12.1 Å². The highest BCUT2D eigenvalue weighted by molar-refractivity contribution is 6.34. The molecule has 0 saturated heterocycles. The lowest BCUT2D eigenvalue weighted by atomic mass is 10.1. The molecule has 0 unspecified atom stereocenters. The van der Waals surface area contributed by atoms with Crippen LogP contribution in [0.4, 0.5) is 18.9 Å². The van der Waals surface area contributed by atoms with Gasteiger partial charge in [-0.2, -0.15) is 18.4 Å². The standard InChI is InChI=1S/C18H11Cl2F3N2O2/c1-27-16-5-2-10(7-14(16)20)6-11(9-24)17(26)25-15-8-12(18(21,22)23)3-4-13(15)19/h2-8H,1H3,(H,25,26)/b11-6+. The molecule has 0 fully saturated rings. The summed E-state index contributed by atoms with van der Waals surface area (Å²) in [6, 6.07) is 8.77. The summed E-state index contributed by atoms with van der Waals surface area (Å²) in [4.78, 5) is 12.3. The van der Waals surface area contributed by atoms with Gasteiger partial charge in [-0.1, -0.05) is 29.3 Å². The fourth-order valence-electron chi connectivity index (χ4n) is 2.07. The Hall–Kier alpha value is -2.69. The molecule has 0 saturated carbocycles. The lowest BCUT2D eigenvalue weighted by Gasteiger charge is -2.11. The second kappa shape index (κ2) is 8.33. The molecule has 0 radical (unpaired) electrons. The number of carbonyl (C=O) groups is 1. The van der Waals surface area contributed by atoms with Crippen molar-refractivity contribution >= 4 is 40.9 Å². The van der Waals surface area contributed by atoms with Gasteiger partial charge in [0.05, 0.1) is 28.4 Å². The Bertz CT molecular complexity index is 951. The van der Waals surface area contributed by atoms with Crippen molar-refractivity contribution in [3.8, 4) is 11.8 Å². The number of methoxy groups -OCH3 is 1. The summed E-state index contributed by atoms with van der Waals surface area (Å²) < 4.78 is 43.4. The molecule has 1 N–H and O–H groups in total. The fourth-order valence-corrected chi connectivity index (χ4v) is 2.51. The van der Waals surface area contributed by atoms with Crippen LogP contribution in [0, 0.1) is 11.3 Å². The molecule has 0 spiro atoms. The number of carbonyl (C=O) groups excluding carboxylic acids is 1. The molecule has 9 heteroatoms. The normalized spacial score (nSPS) is 11.7. The topological polar surface area (TPSA) is 62.1 Å². The Kier molecular flexibility index (Phi) is 6.37. The van der Waals surface area contributed by atoms with E-state index in [9.17, 15) is 23.2 Å². The number of benzene rings is 2. The first-order valence-electron chi connectivity index (χ1n) is 7.29. The van der Waals surface area contributed by atoms with Crippen LogP contribution in [0.5, 0.6) is 5.75 Å². The van der Waals surface area contributed by atoms with Gasteiger partial charge in [0.15, 0.2) is 0 Å². The number of halogens is 5. The van der Waals surface area contributed by atoms with Gasteiger partial charge in [0.25, 0.3) is 5.91 Å². The maximum Gasteiger partial charge on any atom is 0.416 e. The predicted octanol–water partition coefficient (Wildman–Crippen LogP) is 5.57. The van der Waals surface area contributed by atoms with E-state index in [4.69, 9.17) is 27.9 Å². The minimum atomic E-state index is -4.60. The number of nitrogens with one attached hydrogen (secondary N) is 1. The number of hydrogen-bond donors (Lipinski definition) is 1. The lowest BCUT2D eigenvalue weighted by Crippen LogP contribution is -2.15. The predicted molar refractivity (Wildman–Crippen MR) is 96.7 cm³/mol. The molecule has 140 valence electrons. The van der Waals surface area contributed by atoms with Crippen LogP contribution in [-0.2, 0) is 11.0 Å². The maximum absolute atomic E-state index is 12.8. The molecule has 0 aromatic heterocycles. The maximum atomic E-state index is 12.8. The molecule has 0 aliphatic carbocycles. The van der Waals surface area contributed by atoms with Crippen molar-refractivity contribution in [1.82, 2.24) is 0 Å². The van der Waals surface area contributed by atoms with Gasteiger partial charge in [0.1, 0.15) is 17.4 Å². The third-order valence-corrected chi connectivity index (χ3v) is 4.02. The highest BCUT2D eigenvalue weighted by Crippen LogP contribution is 2.34. The summed E-state index contributed by atoms with van der Waals surface area (Å²) in [5.41, 5.74) is -1.15. The molecule has 0 aliphatic heterocycles. The van der Waals surface area contributed by atoms with Crippen LogP contribution in [0.1, 0.15) is 11.1 Å². The molecule has 2 rings (SSSR count). The summed E-state index contributed by atoms with van der Waals surface area (Å²) in [5.74, 6) is -0.502. The Balaban J connectivity index is 2.31. The first-order chi connectivity index (χ1) is 12.7. The van der Waals surface area contributed by atoms with Crippen molar-refractivity contribution in [3.05, 3.63) is 63.1 Å². The summed E-state index contributed by atoms with van der Waals surface area (Å²) in [6.07, 6.45) is -3.36. The number of rotatable bonds is 4. The highest BCUT2D eigenvalue weighted by Gasteiger charge is 2.31. The Morgan fingerprint density at radius 1 is 1.19 bits per heavy atom. The second-order valence-corrected chi connectivity index (χ2v) is 6.02. The van der Waals surface area contributed by atoms with Crippen LogP contribution in [0.3, 0.4) is 0 Å². The zero-order valence-corrected chi connectivity index (χ0v) is 15.2. The van der Waals surface area contributed by atoms with E-state index in [1.54, 1.807) is 18.2 Å². The monoisotopic (exact) mass is 414 g/mol. The molecule has 4 nitrogen and oxygen atoms in total. The number of alkyl halides is 3. The van der Waals surface area contributed by atoms with Crippen molar-refractivity contribution in [2.24, 2.45) is 0 Å². The molecule has 0 bridgehead atoms. The van der Waals surface area contributed by atoms with E-state index in [2.05, 4.69) is 5.32 Å². The van der Waals surface area contributed by atoms with Gasteiger partial charge in [0, 0.05) is 0 Å². The first kappa shape index (κ1) is 20.6. The van der Waals surface area contributed by atoms with E-state index in [-0.39, 0.29) is 21.3 Å². The minimum Gasteiger partial charge on any atom is -0.495 e. The van der Waals surface area contributed by atoms with Crippen LogP contribution in [0.2, 0.25) is 10.0 Å². The SMILES string of the molecule is COc1ccc(/C=C(\C#N)C(=O)Nc2cc(C(F)(F)F)ccc2Cl)cc1Cl. The van der Waals surface area contributed by atoms with E-state index in [0.29, 0.717) is 17.4 Å². The molecule has 1 amide bonds. The van der Waals surface area contributed by atoms with Gasteiger partial charge in [-0.25, -0.2) is 0 Å². The zero-order valence-electron chi connectivity index (χ0n) is 13.7. The number of nitriles is 1.